The molecule has 15 heavy (non-hydrogen) atoms. The maximum atomic E-state index is 11.6. The molecular formula is C11H18N2O2. The number of amides is 1. The quantitative estimate of drug-likeness (QED) is 0.715. The Morgan fingerprint density at radius 3 is 2.73 bits per heavy atom. The third kappa shape index (κ3) is 3.09. The van der Waals surface area contributed by atoms with Crippen LogP contribution in [0.25, 0.3) is 0 Å². The summed E-state index contributed by atoms with van der Waals surface area (Å²) in [5, 5.41) is 5.73. The average Bonchev–Trinajstić information content (AvgIpc) is 2.60. The van der Waals surface area contributed by atoms with Gasteiger partial charge in [0, 0.05) is 19.5 Å². The van der Waals surface area contributed by atoms with Crippen molar-refractivity contribution in [2.24, 2.45) is 0 Å². The number of likely N-dealkylation sites (N-methyl/N-ethyl adjacent to an activating group) is 1. The molecule has 1 amide bonds. The molecule has 1 heterocycles. The van der Waals surface area contributed by atoms with E-state index >= 15 is 0 Å². The molecule has 84 valence electrons. The molecular weight excluding hydrogens is 192 g/mol. The lowest BCUT2D eigenvalue weighted by molar-refractivity contribution is 0.0925. The summed E-state index contributed by atoms with van der Waals surface area (Å²) in [4.78, 5) is 11.6. The normalized spacial score (nSPS) is 10.3. The summed E-state index contributed by atoms with van der Waals surface area (Å²) in [5.74, 6) is 1.14. The first kappa shape index (κ1) is 11.8. The van der Waals surface area contributed by atoms with Crippen molar-refractivity contribution in [3.8, 4) is 0 Å². The monoisotopic (exact) mass is 210 g/mol. The topological polar surface area (TPSA) is 54.3 Å². The molecule has 2 N–H and O–H groups in total. The Kier molecular flexibility index (Phi) is 4.37. The third-order valence-electron chi connectivity index (χ3n) is 2.23. The van der Waals surface area contributed by atoms with Gasteiger partial charge in [0.25, 0.3) is 5.91 Å². The first-order valence-electron chi connectivity index (χ1n) is 5.21. The summed E-state index contributed by atoms with van der Waals surface area (Å²) in [7, 11) is 1.85. The summed E-state index contributed by atoms with van der Waals surface area (Å²) in [6, 6.07) is 1.79. The second-order valence-corrected chi connectivity index (χ2v) is 3.43. The number of carbonyl (C=O) groups is 1. The number of aryl methyl sites for hydroxylation is 2. The number of furan rings is 1. The van der Waals surface area contributed by atoms with Crippen LogP contribution in [-0.2, 0) is 6.42 Å². The van der Waals surface area contributed by atoms with Crippen LogP contribution in [0.2, 0.25) is 0 Å². The van der Waals surface area contributed by atoms with Crippen LogP contribution in [-0.4, -0.2) is 26.0 Å². The molecule has 0 bridgehead atoms. The zero-order chi connectivity index (χ0) is 11.3. The second-order valence-electron chi connectivity index (χ2n) is 3.43. The fraction of sp³-hybridized carbons (Fsp3) is 0.545. The van der Waals surface area contributed by atoms with E-state index in [1.54, 1.807) is 6.07 Å². The minimum absolute atomic E-state index is 0.145. The minimum Gasteiger partial charge on any atom is -0.456 e. The van der Waals surface area contributed by atoms with Crippen LogP contribution < -0.4 is 10.6 Å². The van der Waals surface area contributed by atoms with Gasteiger partial charge in [0.2, 0.25) is 0 Å². The predicted octanol–water partition coefficient (Wildman–Crippen LogP) is 1.10. The van der Waals surface area contributed by atoms with Crippen LogP contribution in [0.3, 0.4) is 0 Å². The summed E-state index contributed by atoms with van der Waals surface area (Å²) in [5.41, 5.74) is 1.04. The first-order chi connectivity index (χ1) is 7.19. The molecule has 0 atom stereocenters. The van der Waals surface area contributed by atoms with Crippen molar-refractivity contribution in [2.75, 3.05) is 20.1 Å². The van der Waals surface area contributed by atoms with Crippen molar-refractivity contribution in [3.63, 3.8) is 0 Å². The summed E-state index contributed by atoms with van der Waals surface area (Å²) in [6.45, 7) is 5.32. The fourth-order valence-electron chi connectivity index (χ4n) is 1.37. The number of hydrogen-bond donors (Lipinski definition) is 2. The van der Waals surface area contributed by atoms with Gasteiger partial charge in [-0.3, -0.25) is 4.79 Å². The maximum Gasteiger partial charge on any atom is 0.287 e. The van der Waals surface area contributed by atoms with Gasteiger partial charge in [0.15, 0.2) is 5.76 Å². The standard InChI is InChI=1S/C11H18N2O2/c1-4-9-8(2)7-10(15-9)11(14)13-6-5-12-3/h7,12H,4-6H2,1-3H3,(H,13,14). The zero-order valence-corrected chi connectivity index (χ0v) is 9.52. The van der Waals surface area contributed by atoms with Gasteiger partial charge >= 0.3 is 0 Å². The molecule has 0 aliphatic heterocycles. The SMILES string of the molecule is CCc1oc(C(=O)NCCNC)cc1C. The lowest BCUT2D eigenvalue weighted by Crippen LogP contribution is -2.30. The molecule has 0 aliphatic rings. The molecule has 0 saturated heterocycles. The van der Waals surface area contributed by atoms with E-state index in [9.17, 15) is 4.79 Å². The molecule has 1 aromatic heterocycles. The highest BCUT2D eigenvalue weighted by Gasteiger charge is 2.12. The summed E-state index contributed by atoms with van der Waals surface area (Å²) >= 11 is 0. The van der Waals surface area contributed by atoms with Gasteiger partial charge in [-0.2, -0.15) is 0 Å². The lowest BCUT2D eigenvalue weighted by atomic mass is 10.2. The highest BCUT2D eigenvalue weighted by molar-refractivity contribution is 5.91. The predicted molar refractivity (Wildman–Crippen MR) is 59.1 cm³/mol. The van der Waals surface area contributed by atoms with Gasteiger partial charge in [0.05, 0.1) is 0 Å². The molecule has 0 fully saturated rings. The average molecular weight is 210 g/mol. The Morgan fingerprint density at radius 2 is 2.20 bits per heavy atom. The highest BCUT2D eigenvalue weighted by Crippen LogP contribution is 2.14. The molecule has 4 nitrogen and oxygen atoms in total. The van der Waals surface area contributed by atoms with Gasteiger partial charge in [-0.1, -0.05) is 6.92 Å². The van der Waals surface area contributed by atoms with Crippen LogP contribution in [0.5, 0.6) is 0 Å². The van der Waals surface area contributed by atoms with Crippen LogP contribution in [0.1, 0.15) is 28.8 Å². The number of carbonyl (C=O) groups excluding carboxylic acids is 1. The summed E-state index contributed by atoms with van der Waals surface area (Å²) in [6.07, 6.45) is 0.815. The van der Waals surface area contributed by atoms with Gasteiger partial charge in [0.1, 0.15) is 5.76 Å². The first-order valence-corrected chi connectivity index (χ1v) is 5.21. The Morgan fingerprint density at radius 1 is 1.47 bits per heavy atom. The molecule has 4 heteroatoms. The van der Waals surface area contributed by atoms with E-state index in [1.165, 1.54) is 0 Å². The molecule has 0 spiro atoms. The number of nitrogens with one attached hydrogen (secondary N) is 2. The molecule has 0 saturated carbocycles. The fourth-order valence-corrected chi connectivity index (χ4v) is 1.37. The van der Waals surface area contributed by atoms with E-state index in [1.807, 2.05) is 20.9 Å². The minimum atomic E-state index is -0.145. The highest BCUT2D eigenvalue weighted by atomic mass is 16.4. The van der Waals surface area contributed by atoms with Crippen LogP contribution in [0.4, 0.5) is 0 Å². The lowest BCUT2D eigenvalue weighted by Gasteiger charge is -2.01. The van der Waals surface area contributed by atoms with E-state index < -0.39 is 0 Å². The third-order valence-corrected chi connectivity index (χ3v) is 2.23. The van der Waals surface area contributed by atoms with E-state index in [0.29, 0.717) is 12.3 Å². The molecule has 0 unspecified atom stereocenters. The van der Waals surface area contributed by atoms with Crippen LogP contribution >= 0.6 is 0 Å². The summed E-state index contributed by atoms with van der Waals surface area (Å²) < 4.78 is 5.42. The van der Waals surface area contributed by atoms with Crippen molar-refractivity contribution < 1.29 is 9.21 Å². The number of rotatable bonds is 5. The Hall–Kier alpha value is -1.29. The zero-order valence-electron chi connectivity index (χ0n) is 9.52. The largest absolute Gasteiger partial charge is 0.456 e. The van der Waals surface area contributed by atoms with Crippen molar-refractivity contribution >= 4 is 5.91 Å². The van der Waals surface area contributed by atoms with Crippen LogP contribution in [0.15, 0.2) is 10.5 Å². The van der Waals surface area contributed by atoms with E-state index in [-0.39, 0.29) is 5.91 Å². The Labute approximate surface area is 90.0 Å². The molecule has 1 aromatic rings. The number of hydrogen-bond acceptors (Lipinski definition) is 3. The smallest absolute Gasteiger partial charge is 0.287 e. The van der Waals surface area contributed by atoms with E-state index in [4.69, 9.17) is 4.42 Å². The Balaban J connectivity index is 2.58. The van der Waals surface area contributed by atoms with E-state index in [0.717, 1.165) is 24.3 Å². The van der Waals surface area contributed by atoms with Crippen molar-refractivity contribution in [3.05, 3.63) is 23.2 Å². The molecule has 0 aliphatic carbocycles. The van der Waals surface area contributed by atoms with Gasteiger partial charge < -0.3 is 15.1 Å². The Bertz CT molecular complexity index is 331. The molecule has 0 aromatic carbocycles. The second kappa shape index (κ2) is 5.56. The van der Waals surface area contributed by atoms with E-state index in [2.05, 4.69) is 10.6 Å². The maximum absolute atomic E-state index is 11.6. The van der Waals surface area contributed by atoms with Crippen molar-refractivity contribution in [2.45, 2.75) is 20.3 Å². The van der Waals surface area contributed by atoms with Gasteiger partial charge in [-0.15, -0.1) is 0 Å². The molecule has 1 rings (SSSR count). The van der Waals surface area contributed by atoms with Crippen molar-refractivity contribution in [1.29, 1.82) is 0 Å². The molecule has 0 radical (unpaired) electrons. The van der Waals surface area contributed by atoms with Crippen molar-refractivity contribution in [1.82, 2.24) is 10.6 Å². The van der Waals surface area contributed by atoms with Crippen LogP contribution in [0, 0.1) is 6.92 Å². The van der Waals surface area contributed by atoms with Gasteiger partial charge in [-0.05, 0) is 25.6 Å². The van der Waals surface area contributed by atoms with Gasteiger partial charge in [-0.25, -0.2) is 0 Å².